The number of nitrogens with zero attached hydrogens (tertiary/aromatic N) is 4. The molecule has 0 aliphatic heterocycles. The van der Waals surface area contributed by atoms with Crippen LogP contribution in [0.4, 0.5) is 11.5 Å². The molecule has 0 amide bonds. The van der Waals surface area contributed by atoms with E-state index in [1.54, 1.807) is 31.3 Å². The zero-order valence-corrected chi connectivity index (χ0v) is 17.5. The molecule has 0 aliphatic carbocycles. The average Bonchev–Trinajstić information content (AvgIpc) is 3.16. The van der Waals surface area contributed by atoms with E-state index in [1.165, 1.54) is 6.07 Å². The van der Waals surface area contributed by atoms with Gasteiger partial charge in [0.15, 0.2) is 5.82 Å². The van der Waals surface area contributed by atoms with Gasteiger partial charge >= 0.3 is 0 Å². The molecule has 0 radical (unpaired) electrons. The molecule has 0 aliphatic rings. The minimum atomic E-state index is -0.382. The van der Waals surface area contributed by atoms with Crippen molar-refractivity contribution in [1.29, 1.82) is 0 Å². The molecule has 0 fully saturated rings. The maximum atomic E-state index is 11.2. The van der Waals surface area contributed by atoms with E-state index < -0.39 is 0 Å². The third-order valence-corrected chi connectivity index (χ3v) is 5.79. The van der Waals surface area contributed by atoms with Gasteiger partial charge < -0.3 is 0 Å². The van der Waals surface area contributed by atoms with Gasteiger partial charge in [-0.15, -0.1) is 11.3 Å². The van der Waals surface area contributed by atoms with Crippen LogP contribution in [-0.4, -0.2) is 20.6 Å². The maximum absolute atomic E-state index is 11.2. The molecule has 0 spiro atoms. The largest absolute Gasteiger partial charge is 0.272 e. The Kier molecular flexibility index (Phi) is 5.24. The lowest BCUT2D eigenvalue weighted by Crippen LogP contribution is -2.03. The average molecular weight is 417 g/mol. The van der Waals surface area contributed by atoms with E-state index in [2.05, 4.69) is 38.7 Å². The van der Waals surface area contributed by atoms with Crippen LogP contribution in [0.1, 0.15) is 23.9 Å². The summed E-state index contributed by atoms with van der Waals surface area (Å²) in [4.78, 5) is 21.9. The predicted molar refractivity (Wildman–Crippen MR) is 121 cm³/mol. The van der Waals surface area contributed by atoms with Crippen LogP contribution in [0.15, 0.2) is 59.7 Å². The minimum Gasteiger partial charge on any atom is -0.260 e. The summed E-state index contributed by atoms with van der Waals surface area (Å²) in [7, 11) is 0. The van der Waals surface area contributed by atoms with Crippen LogP contribution in [0.3, 0.4) is 0 Å². The van der Waals surface area contributed by atoms with Gasteiger partial charge in [0.1, 0.15) is 10.7 Å². The SMILES string of the molecule is CC(=NNc1nc(C)nc2sc(-c3ccccc3)cc12)c1ccc(C)c([N+](=O)[O-])c1. The van der Waals surface area contributed by atoms with Gasteiger partial charge in [-0.05, 0) is 32.4 Å². The molecule has 4 rings (SSSR count). The van der Waals surface area contributed by atoms with Crippen molar-refractivity contribution in [3.05, 3.63) is 81.7 Å². The normalized spacial score (nSPS) is 11.6. The molecular weight excluding hydrogens is 398 g/mol. The van der Waals surface area contributed by atoms with Crippen molar-refractivity contribution >= 4 is 38.8 Å². The number of nitro groups is 1. The topological polar surface area (TPSA) is 93.3 Å². The molecular formula is C22H19N5O2S. The molecule has 2 aromatic heterocycles. The number of rotatable bonds is 5. The summed E-state index contributed by atoms with van der Waals surface area (Å²) in [6.07, 6.45) is 0. The highest BCUT2D eigenvalue weighted by Gasteiger charge is 2.14. The van der Waals surface area contributed by atoms with Crippen molar-refractivity contribution < 1.29 is 4.92 Å². The van der Waals surface area contributed by atoms with Crippen molar-refractivity contribution in [1.82, 2.24) is 9.97 Å². The molecule has 7 nitrogen and oxygen atoms in total. The molecule has 0 unspecified atom stereocenters. The fourth-order valence-corrected chi connectivity index (χ4v) is 4.17. The molecule has 30 heavy (non-hydrogen) atoms. The number of thiophene rings is 1. The standard InChI is InChI=1S/C22H19N5O2S/c1-13-9-10-17(11-19(13)27(28)29)14(2)25-26-21-18-12-20(16-7-5-4-6-8-16)30-22(18)24-15(3)23-21/h4-12H,1-3H3,(H,23,24,26). The number of hydrazone groups is 1. The summed E-state index contributed by atoms with van der Waals surface area (Å²) in [6, 6.07) is 17.3. The van der Waals surface area contributed by atoms with Gasteiger partial charge in [0.25, 0.3) is 5.69 Å². The van der Waals surface area contributed by atoms with E-state index in [-0.39, 0.29) is 10.6 Å². The molecule has 150 valence electrons. The van der Waals surface area contributed by atoms with Gasteiger partial charge in [0, 0.05) is 22.1 Å². The number of nitro benzene ring substituents is 1. The van der Waals surface area contributed by atoms with Crippen LogP contribution < -0.4 is 5.43 Å². The third kappa shape index (κ3) is 3.90. The van der Waals surface area contributed by atoms with E-state index in [9.17, 15) is 10.1 Å². The number of fused-ring (bicyclic) bond motifs is 1. The van der Waals surface area contributed by atoms with E-state index in [0.717, 1.165) is 20.7 Å². The van der Waals surface area contributed by atoms with Gasteiger partial charge in [-0.2, -0.15) is 5.10 Å². The van der Waals surface area contributed by atoms with Crippen molar-refractivity contribution in [2.75, 3.05) is 5.43 Å². The van der Waals surface area contributed by atoms with Crippen LogP contribution in [0.5, 0.6) is 0 Å². The summed E-state index contributed by atoms with van der Waals surface area (Å²) in [5.41, 5.74) is 6.15. The molecule has 0 saturated carbocycles. The van der Waals surface area contributed by atoms with E-state index in [0.29, 0.717) is 28.5 Å². The first-order valence-corrected chi connectivity index (χ1v) is 10.1. The van der Waals surface area contributed by atoms with Gasteiger partial charge in [0.05, 0.1) is 16.0 Å². The Balaban J connectivity index is 1.69. The van der Waals surface area contributed by atoms with Gasteiger partial charge in [-0.1, -0.05) is 42.5 Å². The van der Waals surface area contributed by atoms with Crippen LogP contribution in [0, 0.1) is 24.0 Å². The summed E-state index contributed by atoms with van der Waals surface area (Å²) in [5, 5.41) is 16.5. The van der Waals surface area contributed by atoms with Crippen LogP contribution in [-0.2, 0) is 0 Å². The lowest BCUT2D eigenvalue weighted by molar-refractivity contribution is -0.385. The van der Waals surface area contributed by atoms with Crippen LogP contribution >= 0.6 is 11.3 Å². The Bertz CT molecular complexity index is 1280. The fraction of sp³-hybridized carbons (Fsp3) is 0.136. The molecule has 0 saturated heterocycles. The molecule has 2 aromatic carbocycles. The monoisotopic (exact) mass is 417 g/mol. The summed E-state index contributed by atoms with van der Waals surface area (Å²) >= 11 is 1.60. The van der Waals surface area contributed by atoms with Crippen molar-refractivity contribution in [2.45, 2.75) is 20.8 Å². The van der Waals surface area contributed by atoms with Crippen molar-refractivity contribution in [3.8, 4) is 10.4 Å². The first kappa shape index (κ1) is 19.7. The first-order valence-electron chi connectivity index (χ1n) is 9.31. The van der Waals surface area contributed by atoms with E-state index in [1.807, 2.05) is 31.2 Å². The number of anilines is 1. The zero-order chi connectivity index (χ0) is 21.3. The molecule has 2 heterocycles. The smallest absolute Gasteiger partial charge is 0.260 e. The highest BCUT2D eigenvalue weighted by Crippen LogP contribution is 2.35. The minimum absolute atomic E-state index is 0.0765. The maximum Gasteiger partial charge on any atom is 0.272 e. The quantitative estimate of drug-likeness (QED) is 0.255. The molecule has 0 bridgehead atoms. The molecule has 0 atom stereocenters. The highest BCUT2D eigenvalue weighted by atomic mass is 32.1. The number of hydrogen-bond donors (Lipinski definition) is 1. The summed E-state index contributed by atoms with van der Waals surface area (Å²) in [6.45, 7) is 5.36. The van der Waals surface area contributed by atoms with E-state index >= 15 is 0 Å². The van der Waals surface area contributed by atoms with Gasteiger partial charge in [0.2, 0.25) is 0 Å². The fourth-order valence-electron chi connectivity index (χ4n) is 3.09. The van der Waals surface area contributed by atoms with Crippen molar-refractivity contribution in [2.24, 2.45) is 5.10 Å². The number of hydrogen-bond acceptors (Lipinski definition) is 7. The Labute approximate surface area is 177 Å². The zero-order valence-electron chi connectivity index (χ0n) is 16.7. The first-order chi connectivity index (χ1) is 14.4. The highest BCUT2D eigenvalue weighted by molar-refractivity contribution is 7.21. The number of benzene rings is 2. The predicted octanol–water partition coefficient (Wildman–Crippen LogP) is 5.72. The van der Waals surface area contributed by atoms with Crippen LogP contribution in [0.25, 0.3) is 20.7 Å². The third-order valence-electron chi connectivity index (χ3n) is 4.72. The molecule has 8 heteroatoms. The summed E-state index contributed by atoms with van der Waals surface area (Å²) in [5.74, 6) is 1.25. The van der Waals surface area contributed by atoms with Gasteiger partial charge in [-0.3, -0.25) is 15.5 Å². The molecule has 4 aromatic rings. The number of aromatic nitrogens is 2. The Morgan fingerprint density at radius 1 is 1.10 bits per heavy atom. The Hall–Kier alpha value is -3.65. The van der Waals surface area contributed by atoms with Crippen molar-refractivity contribution in [3.63, 3.8) is 0 Å². The second-order valence-corrected chi connectivity index (χ2v) is 7.91. The number of nitrogens with one attached hydrogen (secondary N) is 1. The van der Waals surface area contributed by atoms with E-state index in [4.69, 9.17) is 0 Å². The lowest BCUT2D eigenvalue weighted by atomic mass is 10.1. The van der Waals surface area contributed by atoms with Crippen LogP contribution in [0.2, 0.25) is 0 Å². The second kappa shape index (κ2) is 8.00. The van der Waals surface area contributed by atoms with Gasteiger partial charge in [-0.25, -0.2) is 9.97 Å². The molecule has 1 N–H and O–H groups in total. The Morgan fingerprint density at radius 3 is 2.60 bits per heavy atom. The lowest BCUT2D eigenvalue weighted by Gasteiger charge is -2.06. The summed E-state index contributed by atoms with van der Waals surface area (Å²) < 4.78 is 0. The number of aryl methyl sites for hydroxylation is 2. The Morgan fingerprint density at radius 2 is 1.87 bits per heavy atom. The second-order valence-electron chi connectivity index (χ2n) is 6.88.